The molecule has 0 radical (unpaired) electrons. The molecule has 0 aromatic heterocycles. The first kappa shape index (κ1) is 20.1. The average molecular weight is 415 g/mol. The molecule has 8 heteroatoms. The van der Waals surface area contributed by atoms with E-state index < -0.39 is 5.25 Å². The van der Waals surface area contributed by atoms with Gasteiger partial charge in [0.2, 0.25) is 11.8 Å². The van der Waals surface area contributed by atoms with E-state index in [-0.39, 0.29) is 18.2 Å². The Bertz CT molecular complexity index is 957. The fourth-order valence-corrected chi connectivity index (χ4v) is 3.54. The van der Waals surface area contributed by atoms with E-state index in [9.17, 15) is 9.59 Å². The van der Waals surface area contributed by atoms with Crippen molar-refractivity contribution in [1.29, 1.82) is 0 Å². The van der Waals surface area contributed by atoms with Crippen LogP contribution in [0.5, 0.6) is 0 Å². The Hall–Kier alpha value is -2.64. The second-order valence-electron chi connectivity index (χ2n) is 6.37. The molecule has 6 nitrogen and oxygen atoms in total. The number of aryl methyl sites for hydroxylation is 2. The number of hydrogen-bond donors (Lipinski definition) is 2. The lowest BCUT2D eigenvalue weighted by atomic mass is 10.2. The van der Waals surface area contributed by atoms with Gasteiger partial charge in [0.15, 0.2) is 5.17 Å². The molecule has 144 valence electrons. The molecule has 1 unspecified atom stereocenters. The molecule has 2 amide bonds. The van der Waals surface area contributed by atoms with Crippen LogP contribution in [-0.4, -0.2) is 28.4 Å². The molecule has 2 aromatic rings. The maximum absolute atomic E-state index is 12.2. The third-order valence-electron chi connectivity index (χ3n) is 4.04. The molecule has 1 fully saturated rings. The van der Waals surface area contributed by atoms with Crippen molar-refractivity contribution in [2.24, 2.45) is 10.2 Å². The molecule has 1 saturated heterocycles. The molecule has 2 N–H and O–H groups in total. The Morgan fingerprint density at radius 2 is 2.00 bits per heavy atom. The van der Waals surface area contributed by atoms with Crippen molar-refractivity contribution in [3.05, 3.63) is 64.2 Å². The first-order valence-corrected chi connectivity index (χ1v) is 9.88. The summed E-state index contributed by atoms with van der Waals surface area (Å²) in [4.78, 5) is 24.3. The Kier molecular flexibility index (Phi) is 6.49. The Balaban J connectivity index is 1.55. The minimum absolute atomic E-state index is 0.0304. The van der Waals surface area contributed by atoms with Gasteiger partial charge in [-0.05, 0) is 37.1 Å². The maximum atomic E-state index is 12.2. The lowest BCUT2D eigenvalue weighted by Gasteiger charge is -2.08. The molecule has 1 atom stereocenters. The quantitative estimate of drug-likeness (QED) is 0.574. The summed E-state index contributed by atoms with van der Waals surface area (Å²) in [6, 6.07) is 13.1. The zero-order valence-corrected chi connectivity index (χ0v) is 17.0. The highest BCUT2D eigenvalue weighted by Crippen LogP contribution is 2.24. The van der Waals surface area contributed by atoms with Gasteiger partial charge in [0.05, 0.1) is 6.21 Å². The predicted molar refractivity (Wildman–Crippen MR) is 115 cm³/mol. The number of amides is 2. The molecule has 1 heterocycles. The summed E-state index contributed by atoms with van der Waals surface area (Å²) in [5.41, 5.74) is 3.60. The van der Waals surface area contributed by atoms with Crippen LogP contribution >= 0.6 is 23.4 Å². The van der Waals surface area contributed by atoms with E-state index >= 15 is 0 Å². The Morgan fingerprint density at radius 1 is 1.25 bits per heavy atom. The van der Waals surface area contributed by atoms with Crippen LogP contribution in [0.25, 0.3) is 0 Å². The minimum Gasteiger partial charge on any atom is -0.326 e. The number of thioether (sulfide) groups is 1. The third kappa shape index (κ3) is 5.43. The van der Waals surface area contributed by atoms with Crippen LogP contribution < -0.4 is 10.6 Å². The number of anilines is 1. The number of carbonyl (C=O) groups excluding carboxylic acids is 2. The van der Waals surface area contributed by atoms with Gasteiger partial charge in [0.25, 0.3) is 0 Å². The lowest BCUT2D eigenvalue weighted by Crippen LogP contribution is -2.28. The number of nitrogens with one attached hydrogen (secondary N) is 2. The van der Waals surface area contributed by atoms with Crippen LogP contribution in [0.4, 0.5) is 5.69 Å². The summed E-state index contributed by atoms with van der Waals surface area (Å²) in [6.45, 7) is 3.89. The zero-order chi connectivity index (χ0) is 20.1. The molecule has 0 saturated carbocycles. The highest BCUT2D eigenvalue weighted by Gasteiger charge is 2.32. The molecule has 3 rings (SSSR count). The van der Waals surface area contributed by atoms with Gasteiger partial charge in [0, 0.05) is 17.1 Å². The molecule has 0 aliphatic carbocycles. The summed E-state index contributed by atoms with van der Waals surface area (Å²) in [5, 5.41) is 13.8. The van der Waals surface area contributed by atoms with Gasteiger partial charge < -0.3 is 10.6 Å². The zero-order valence-electron chi connectivity index (χ0n) is 15.4. The largest absolute Gasteiger partial charge is 0.326 e. The van der Waals surface area contributed by atoms with E-state index in [0.29, 0.717) is 15.9 Å². The summed E-state index contributed by atoms with van der Waals surface area (Å²) >= 11 is 7.25. The SMILES string of the molecule is Cc1ccc(C=N/N=C2\NC(=O)C(CC(=O)Nc3ccc(C)c(Cl)c3)S2)cc1. The first-order valence-electron chi connectivity index (χ1n) is 8.62. The van der Waals surface area contributed by atoms with E-state index in [2.05, 4.69) is 20.8 Å². The van der Waals surface area contributed by atoms with Crippen LogP contribution in [0.2, 0.25) is 5.02 Å². The topological polar surface area (TPSA) is 82.9 Å². The average Bonchev–Trinajstić information content (AvgIpc) is 2.99. The monoisotopic (exact) mass is 414 g/mol. The Labute approximate surface area is 172 Å². The van der Waals surface area contributed by atoms with Crippen molar-refractivity contribution in [3.63, 3.8) is 0 Å². The molecular formula is C20H19ClN4O2S. The molecule has 28 heavy (non-hydrogen) atoms. The second-order valence-corrected chi connectivity index (χ2v) is 7.97. The molecule has 2 aromatic carbocycles. The summed E-state index contributed by atoms with van der Waals surface area (Å²) in [5.74, 6) is -0.525. The van der Waals surface area contributed by atoms with Crippen molar-refractivity contribution in [3.8, 4) is 0 Å². The molecule has 0 bridgehead atoms. The van der Waals surface area contributed by atoms with Gasteiger partial charge in [-0.25, -0.2) is 0 Å². The van der Waals surface area contributed by atoms with Crippen molar-refractivity contribution >= 4 is 52.2 Å². The normalized spacial score (nSPS) is 17.9. The first-order chi connectivity index (χ1) is 13.4. The number of nitrogens with zero attached hydrogens (tertiary/aromatic N) is 2. The van der Waals surface area contributed by atoms with Gasteiger partial charge in [0.1, 0.15) is 5.25 Å². The van der Waals surface area contributed by atoms with Crippen LogP contribution in [0.3, 0.4) is 0 Å². The van der Waals surface area contributed by atoms with Gasteiger partial charge in [-0.2, -0.15) is 5.10 Å². The van der Waals surface area contributed by atoms with Gasteiger partial charge in [-0.15, -0.1) is 5.10 Å². The number of rotatable bonds is 5. The summed E-state index contributed by atoms with van der Waals surface area (Å²) < 4.78 is 0. The molecule has 1 aliphatic rings. The third-order valence-corrected chi connectivity index (χ3v) is 5.51. The molecule has 0 spiro atoms. The fraction of sp³-hybridized carbons (Fsp3) is 0.200. The number of halogens is 1. The number of benzene rings is 2. The van der Waals surface area contributed by atoms with Crippen LogP contribution in [0, 0.1) is 13.8 Å². The summed E-state index contributed by atoms with van der Waals surface area (Å²) in [6.07, 6.45) is 1.64. The van der Waals surface area contributed by atoms with Crippen LogP contribution in [-0.2, 0) is 9.59 Å². The van der Waals surface area contributed by atoms with Crippen molar-refractivity contribution < 1.29 is 9.59 Å². The van der Waals surface area contributed by atoms with Crippen LogP contribution in [0.15, 0.2) is 52.7 Å². The van der Waals surface area contributed by atoms with E-state index in [4.69, 9.17) is 11.6 Å². The maximum Gasteiger partial charge on any atom is 0.240 e. The molecule has 1 aliphatic heterocycles. The van der Waals surface area contributed by atoms with E-state index in [1.165, 1.54) is 11.8 Å². The minimum atomic E-state index is -0.547. The van der Waals surface area contributed by atoms with Gasteiger partial charge >= 0.3 is 0 Å². The summed E-state index contributed by atoms with van der Waals surface area (Å²) in [7, 11) is 0. The van der Waals surface area contributed by atoms with Crippen molar-refractivity contribution in [2.75, 3.05) is 5.32 Å². The number of carbonyl (C=O) groups is 2. The van der Waals surface area contributed by atoms with E-state index in [1.54, 1.807) is 18.3 Å². The highest BCUT2D eigenvalue weighted by molar-refractivity contribution is 8.15. The van der Waals surface area contributed by atoms with Gasteiger partial charge in [-0.1, -0.05) is 59.3 Å². The molecular weight excluding hydrogens is 396 g/mol. The Morgan fingerprint density at radius 3 is 2.71 bits per heavy atom. The number of amidine groups is 1. The predicted octanol–water partition coefficient (Wildman–Crippen LogP) is 3.91. The van der Waals surface area contributed by atoms with Crippen molar-refractivity contribution in [1.82, 2.24) is 5.32 Å². The fourth-order valence-electron chi connectivity index (χ4n) is 2.44. The number of hydrogen-bond acceptors (Lipinski definition) is 5. The van der Waals surface area contributed by atoms with Gasteiger partial charge in [-0.3, -0.25) is 9.59 Å². The van der Waals surface area contributed by atoms with Crippen LogP contribution in [0.1, 0.15) is 23.1 Å². The smallest absolute Gasteiger partial charge is 0.240 e. The van der Waals surface area contributed by atoms with E-state index in [0.717, 1.165) is 16.7 Å². The van der Waals surface area contributed by atoms with E-state index in [1.807, 2.05) is 44.2 Å². The highest BCUT2D eigenvalue weighted by atomic mass is 35.5. The lowest BCUT2D eigenvalue weighted by molar-refractivity contribution is -0.122. The standard InChI is InChI=1S/C20H19ClN4O2S/c1-12-3-6-14(7-4-12)11-22-25-20-24-19(27)17(28-20)10-18(26)23-15-8-5-13(2)16(21)9-15/h3-9,11,17H,10H2,1-2H3,(H,23,26)(H,24,25,27). The second kappa shape index (κ2) is 9.03. The van der Waals surface area contributed by atoms with Crippen molar-refractivity contribution in [2.45, 2.75) is 25.5 Å².